The Balaban J connectivity index is 0.000000196. The Morgan fingerprint density at radius 3 is 2.30 bits per heavy atom. The molecule has 3 aromatic carbocycles. The summed E-state index contributed by atoms with van der Waals surface area (Å²) in [6.07, 6.45) is 3.62. The van der Waals surface area contributed by atoms with E-state index in [2.05, 4.69) is 35.1 Å². The summed E-state index contributed by atoms with van der Waals surface area (Å²) in [5, 5.41) is 15.4. The number of fused-ring (bicyclic) bond motifs is 1. The highest BCUT2D eigenvalue weighted by Gasteiger charge is 2.02. The Morgan fingerprint density at radius 2 is 1.63 bits per heavy atom. The van der Waals surface area contributed by atoms with Crippen molar-refractivity contribution >= 4 is 46.6 Å². The molecule has 0 bridgehead atoms. The summed E-state index contributed by atoms with van der Waals surface area (Å²) in [5.74, 6) is 0. The van der Waals surface area contributed by atoms with E-state index in [9.17, 15) is 0 Å². The Hall–Kier alpha value is -2.08. The predicted octanol–water partition coefficient (Wildman–Crippen LogP) is 6.27. The molecule has 0 aliphatic heterocycles. The fraction of sp³-hybridized carbons (Fsp3) is 0.125. The number of aromatic nitrogens is 1. The zero-order valence-corrected chi connectivity index (χ0v) is 18.6. The molecule has 0 fully saturated rings. The van der Waals surface area contributed by atoms with Gasteiger partial charge in [-0.1, -0.05) is 59.6 Å². The summed E-state index contributed by atoms with van der Waals surface area (Å²) in [4.78, 5) is 5.02. The molecule has 30 heavy (non-hydrogen) atoms. The van der Waals surface area contributed by atoms with Gasteiger partial charge in [0.1, 0.15) is 0 Å². The molecule has 0 amide bonds. The lowest BCUT2D eigenvalue weighted by Gasteiger charge is -2.06. The molecule has 0 atom stereocenters. The first-order valence-corrected chi connectivity index (χ1v) is 10.7. The third-order valence-corrected chi connectivity index (χ3v) is 5.25. The number of aliphatic hydroxyl groups excluding tert-OH is 1. The highest BCUT2D eigenvalue weighted by Crippen LogP contribution is 2.27. The average Bonchev–Trinajstić information content (AvgIpc) is 2.75. The number of nitrogens with one attached hydrogen (secondary N) is 1. The normalized spacial score (nSPS) is 10.5. The van der Waals surface area contributed by atoms with Crippen LogP contribution in [0, 0.1) is 0 Å². The van der Waals surface area contributed by atoms with E-state index < -0.39 is 0 Å². The van der Waals surface area contributed by atoms with E-state index >= 15 is 0 Å². The number of nitrogens with zero attached hydrogens (tertiary/aromatic N) is 1. The Kier molecular flexibility index (Phi) is 8.55. The summed E-state index contributed by atoms with van der Waals surface area (Å²) in [7, 11) is 0. The van der Waals surface area contributed by atoms with E-state index in [4.69, 9.17) is 28.3 Å². The van der Waals surface area contributed by atoms with Crippen LogP contribution in [0.25, 0.3) is 21.9 Å². The smallest absolute Gasteiger partial charge is 0.0556 e. The lowest BCUT2D eigenvalue weighted by molar-refractivity contribution is 0.292. The maximum Gasteiger partial charge on any atom is 0.0556 e. The highest BCUT2D eigenvalue weighted by molar-refractivity contribution is 7.80. The molecule has 4 aromatic rings. The van der Waals surface area contributed by atoms with Crippen molar-refractivity contribution in [3.8, 4) is 11.1 Å². The van der Waals surface area contributed by atoms with Crippen molar-refractivity contribution in [2.45, 2.75) is 11.4 Å². The molecule has 0 saturated heterocycles. The molecule has 4 rings (SSSR count). The highest BCUT2D eigenvalue weighted by atomic mass is 35.5. The first-order chi connectivity index (χ1) is 14.6. The first-order valence-electron chi connectivity index (χ1n) is 9.45. The zero-order valence-electron chi connectivity index (χ0n) is 16.2. The Bertz CT molecular complexity index is 1080. The standard InChI is InChI=1S/C15H15Cl2NO.C9H7NS/c16-14-7-13(8-15(17)9-14)12-3-1-11(2-4-12)10-18-5-6-19;11-9-3-1-2-7-6-10-5-4-8(7)9/h1-4,7-9,18-19H,5-6,10H2;1-6,11H. The molecule has 0 aliphatic carbocycles. The SMILES string of the molecule is OCCNCc1ccc(-c2cc(Cl)cc(Cl)c2)cc1.Sc1cccc2cnccc12. The molecular formula is C24H22Cl2N2OS. The number of hydrogen-bond donors (Lipinski definition) is 3. The molecule has 0 saturated carbocycles. The van der Waals surface area contributed by atoms with E-state index in [1.165, 1.54) is 5.56 Å². The van der Waals surface area contributed by atoms with Gasteiger partial charge in [0.25, 0.3) is 0 Å². The van der Waals surface area contributed by atoms with Gasteiger partial charge in [0.15, 0.2) is 0 Å². The second kappa shape index (κ2) is 11.3. The van der Waals surface area contributed by atoms with Crippen LogP contribution in [-0.4, -0.2) is 23.2 Å². The number of benzene rings is 3. The van der Waals surface area contributed by atoms with Crippen molar-refractivity contribution in [3.05, 3.63) is 94.7 Å². The van der Waals surface area contributed by atoms with Gasteiger partial charge in [-0.05, 0) is 52.4 Å². The molecule has 2 N–H and O–H groups in total. The number of aliphatic hydroxyl groups is 1. The Labute approximate surface area is 192 Å². The summed E-state index contributed by atoms with van der Waals surface area (Å²) < 4.78 is 0. The van der Waals surface area contributed by atoms with Crippen molar-refractivity contribution in [3.63, 3.8) is 0 Å². The molecule has 6 heteroatoms. The van der Waals surface area contributed by atoms with Crippen molar-refractivity contribution in [2.24, 2.45) is 0 Å². The van der Waals surface area contributed by atoms with Gasteiger partial charge in [-0.2, -0.15) is 0 Å². The van der Waals surface area contributed by atoms with Crippen molar-refractivity contribution < 1.29 is 5.11 Å². The second-order valence-electron chi connectivity index (χ2n) is 6.63. The summed E-state index contributed by atoms with van der Waals surface area (Å²) >= 11 is 16.3. The molecule has 3 nitrogen and oxygen atoms in total. The van der Waals surface area contributed by atoms with Crippen LogP contribution in [-0.2, 0) is 6.54 Å². The molecule has 0 aliphatic rings. The van der Waals surface area contributed by atoms with Crippen LogP contribution >= 0.6 is 35.8 Å². The number of pyridine rings is 1. The second-order valence-corrected chi connectivity index (χ2v) is 7.98. The van der Waals surface area contributed by atoms with Gasteiger partial charge in [0, 0.05) is 45.8 Å². The minimum Gasteiger partial charge on any atom is -0.395 e. The largest absolute Gasteiger partial charge is 0.395 e. The molecule has 0 unspecified atom stereocenters. The maximum absolute atomic E-state index is 8.70. The number of halogens is 2. The zero-order chi connectivity index (χ0) is 21.3. The van der Waals surface area contributed by atoms with Gasteiger partial charge in [-0.25, -0.2) is 0 Å². The third-order valence-electron chi connectivity index (χ3n) is 4.43. The van der Waals surface area contributed by atoms with Crippen LogP contribution in [0.1, 0.15) is 5.56 Å². The van der Waals surface area contributed by atoms with E-state index in [1.807, 2.05) is 54.7 Å². The van der Waals surface area contributed by atoms with Crippen LogP contribution in [0.15, 0.2) is 84.0 Å². The van der Waals surface area contributed by atoms with Crippen LogP contribution in [0.5, 0.6) is 0 Å². The van der Waals surface area contributed by atoms with Crippen LogP contribution in [0.3, 0.4) is 0 Å². The van der Waals surface area contributed by atoms with Gasteiger partial charge in [-0.15, -0.1) is 12.6 Å². The summed E-state index contributed by atoms with van der Waals surface area (Å²) in [5.41, 5.74) is 3.26. The topological polar surface area (TPSA) is 45.1 Å². The van der Waals surface area contributed by atoms with E-state index in [0.717, 1.165) is 33.3 Å². The lowest BCUT2D eigenvalue weighted by atomic mass is 10.0. The Morgan fingerprint density at radius 1 is 0.900 bits per heavy atom. The van der Waals surface area contributed by atoms with Gasteiger partial charge in [-0.3, -0.25) is 4.98 Å². The third kappa shape index (κ3) is 6.46. The molecule has 154 valence electrons. The average molecular weight is 457 g/mol. The first kappa shape index (κ1) is 22.6. The van der Waals surface area contributed by atoms with Crippen molar-refractivity contribution in [1.29, 1.82) is 0 Å². The van der Waals surface area contributed by atoms with E-state index in [1.54, 1.807) is 12.3 Å². The minimum atomic E-state index is 0.152. The van der Waals surface area contributed by atoms with Gasteiger partial charge < -0.3 is 10.4 Å². The monoisotopic (exact) mass is 456 g/mol. The lowest BCUT2D eigenvalue weighted by Crippen LogP contribution is -2.17. The number of rotatable bonds is 5. The number of hydrogen-bond acceptors (Lipinski definition) is 4. The van der Waals surface area contributed by atoms with Gasteiger partial charge in [0.05, 0.1) is 6.61 Å². The van der Waals surface area contributed by atoms with E-state index in [-0.39, 0.29) is 6.61 Å². The number of thiol groups is 1. The van der Waals surface area contributed by atoms with Crippen LogP contribution in [0.4, 0.5) is 0 Å². The molecular weight excluding hydrogens is 435 g/mol. The van der Waals surface area contributed by atoms with Crippen molar-refractivity contribution in [2.75, 3.05) is 13.2 Å². The molecule has 1 aromatic heterocycles. The maximum atomic E-state index is 8.70. The van der Waals surface area contributed by atoms with Gasteiger partial charge in [0.2, 0.25) is 0 Å². The quantitative estimate of drug-likeness (QED) is 0.245. The summed E-state index contributed by atoms with van der Waals surface area (Å²) in [6, 6.07) is 21.6. The van der Waals surface area contributed by atoms with Crippen LogP contribution < -0.4 is 5.32 Å². The fourth-order valence-electron chi connectivity index (χ4n) is 2.95. The summed E-state index contributed by atoms with van der Waals surface area (Å²) in [6.45, 7) is 1.50. The van der Waals surface area contributed by atoms with E-state index in [0.29, 0.717) is 16.6 Å². The molecule has 0 radical (unpaired) electrons. The molecule has 0 spiro atoms. The van der Waals surface area contributed by atoms with Gasteiger partial charge >= 0.3 is 0 Å². The molecule has 1 heterocycles. The predicted molar refractivity (Wildman–Crippen MR) is 130 cm³/mol. The fourth-order valence-corrected chi connectivity index (χ4v) is 3.77. The van der Waals surface area contributed by atoms with Crippen LogP contribution in [0.2, 0.25) is 10.0 Å². The minimum absolute atomic E-state index is 0.152. The van der Waals surface area contributed by atoms with Crippen molar-refractivity contribution in [1.82, 2.24) is 10.3 Å².